The zero-order valence-corrected chi connectivity index (χ0v) is 12.4. The SMILES string of the molecule is CCc1[nH]c(-c2ccc(Cl)c(Cl)c2)nc(=S)c1C. The Kier molecular flexibility index (Phi) is 4.05. The molecule has 1 aromatic heterocycles. The average molecular weight is 299 g/mol. The lowest BCUT2D eigenvalue weighted by Crippen LogP contribution is -1.99. The molecule has 5 heteroatoms. The van der Waals surface area contributed by atoms with E-state index in [1.807, 2.05) is 13.0 Å². The van der Waals surface area contributed by atoms with Crippen molar-refractivity contribution in [3.05, 3.63) is 44.1 Å². The van der Waals surface area contributed by atoms with Gasteiger partial charge < -0.3 is 4.98 Å². The summed E-state index contributed by atoms with van der Waals surface area (Å²) in [6.45, 7) is 4.05. The van der Waals surface area contributed by atoms with Gasteiger partial charge in [0.25, 0.3) is 0 Å². The van der Waals surface area contributed by atoms with Crippen LogP contribution in [0.2, 0.25) is 10.0 Å². The Morgan fingerprint density at radius 3 is 2.61 bits per heavy atom. The van der Waals surface area contributed by atoms with Crippen molar-refractivity contribution in [2.75, 3.05) is 0 Å². The smallest absolute Gasteiger partial charge is 0.139 e. The number of rotatable bonds is 2. The quantitative estimate of drug-likeness (QED) is 0.792. The third kappa shape index (κ3) is 2.58. The van der Waals surface area contributed by atoms with E-state index in [1.165, 1.54) is 0 Å². The number of hydrogen-bond donors (Lipinski definition) is 1. The van der Waals surface area contributed by atoms with Gasteiger partial charge in [-0.15, -0.1) is 0 Å². The lowest BCUT2D eigenvalue weighted by Gasteiger charge is -2.08. The Morgan fingerprint density at radius 1 is 1.28 bits per heavy atom. The van der Waals surface area contributed by atoms with E-state index in [2.05, 4.69) is 16.9 Å². The summed E-state index contributed by atoms with van der Waals surface area (Å²) >= 11 is 17.2. The molecular weight excluding hydrogens is 287 g/mol. The second kappa shape index (κ2) is 5.39. The molecule has 0 radical (unpaired) electrons. The van der Waals surface area contributed by atoms with Crippen LogP contribution in [0.4, 0.5) is 0 Å². The molecule has 0 aliphatic heterocycles. The van der Waals surface area contributed by atoms with Gasteiger partial charge in [0.05, 0.1) is 10.0 Å². The van der Waals surface area contributed by atoms with Gasteiger partial charge in [-0.25, -0.2) is 4.98 Å². The predicted octanol–water partition coefficient (Wildman–Crippen LogP) is 4.98. The van der Waals surface area contributed by atoms with Crippen LogP contribution in [0.15, 0.2) is 18.2 Å². The molecule has 0 spiro atoms. The first kappa shape index (κ1) is 13.5. The molecule has 1 aromatic carbocycles. The highest BCUT2D eigenvalue weighted by Gasteiger charge is 2.07. The summed E-state index contributed by atoms with van der Waals surface area (Å²) in [6, 6.07) is 5.41. The maximum Gasteiger partial charge on any atom is 0.139 e. The Morgan fingerprint density at radius 2 is 2.00 bits per heavy atom. The van der Waals surface area contributed by atoms with E-state index in [0.29, 0.717) is 14.7 Å². The van der Waals surface area contributed by atoms with Gasteiger partial charge in [-0.2, -0.15) is 0 Å². The van der Waals surface area contributed by atoms with Gasteiger partial charge in [-0.1, -0.05) is 42.3 Å². The molecule has 0 amide bonds. The number of hydrogen-bond acceptors (Lipinski definition) is 2. The van der Waals surface area contributed by atoms with Crippen molar-refractivity contribution in [2.45, 2.75) is 20.3 Å². The maximum atomic E-state index is 6.01. The van der Waals surface area contributed by atoms with E-state index in [9.17, 15) is 0 Å². The minimum Gasteiger partial charge on any atom is -0.343 e. The molecule has 0 unspecified atom stereocenters. The van der Waals surface area contributed by atoms with Crippen molar-refractivity contribution < 1.29 is 0 Å². The van der Waals surface area contributed by atoms with Gasteiger partial charge in [0.1, 0.15) is 10.5 Å². The molecular formula is C13H12Cl2N2S. The van der Waals surface area contributed by atoms with E-state index in [4.69, 9.17) is 35.4 Å². The van der Waals surface area contributed by atoms with Crippen LogP contribution < -0.4 is 0 Å². The van der Waals surface area contributed by atoms with Crippen LogP contribution in [0.5, 0.6) is 0 Å². The highest BCUT2D eigenvalue weighted by molar-refractivity contribution is 7.71. The predicted molar refractivity (Wildman–Crippen MR) is 79.0 cm³/mol. The van der Waals surface area contributed by atoms with E-state index in [1.54, 1.807) is 12.1 Å². The molecule has 0 atom stereocenters. The average Bonchev–Trinajstić information content (AvgIpc) is 2.36. The maximum absolute atomic E-state index is 6.01. The summed E-state index contributed by atoms with van der Waals surface area (Å²) in [7, 11) is 0. The lowest BCUT2D eigenvalue weighted by atomic mass is 10.1. The molecule has 94 valence electrons. The van der Waals surface area contributed by atoms with Gasteiger partial charge >= 0.3 is 0 Å². The summed E-state index contributed by atoms with van der Waals surface area (Å²) in [5.41, 5.74) is 3.00. The van der Waals surface area contributed by atoms with Crippen LogP contribution >= 0.6 is 35.4 Å². The number of aromatic nitrogens is 2. The molecule has 0 aliphatic carbocycles. The van der Waals surface area contributed by atoms with Crippen LogP contribution in [0.1, 0.15) is 18.2 Å². The normalized spacial score (nSPS) is 10.7. The van der Waals surface area contributed by atoms with E-state index < -0.39 is 0 Å². The minimum absolute atomic E-state index is 0.508. The first-order valence-electron chi connectivity index (χ1n) is 5.58. The fourth-order valence-electron chi connectivity index (χ4n) is 1.71. The number of H-pyrrole nitrogens is 1. The molecule has 0 saturated carbocycles. The van der Waals surface area contributed by atoms with Gasteiger partial charge in [0, 0.05) is 16.8 Å². The minimum atomic E-state index is 0.508. The highest BCUT2D eigenvalue weighted by atomic mass is 35.5. The largest absolute Gasteiger partial charge is 0.343 e. The van der Waals surface area contributed by atoms with Gasteiger partial charge in [-0.3, -0.25) is 0 Å². The summed E-state index contributed by atoms with van der Waals surface area (Å²) in [5.74, 6) is 0.723. The standard InChI is InChI=1S/C13H12Cl2N2S/c1-3-11-7(2)13(18)17-12(16-11)8-4-5-9(14)10(15)6-8/h4-6H,3H2,1-2H3,(H,16,17,18). The van der Waals surface area contributed by atoms with Crippen LogP contribution in [0.25, 0.3) is 11.4 Å². The number of aromatic amines is 1. The summed E-state index contributed by atoms with van der Waals surface area (Å²) in [5, 5.41) is 1.04. The van der Waals surface area contributed by atoms with Crippen molar-refractivity contribution in [3.63, 3.8) is 0 Å². The molecule has 2 rings (SSSR count). The highest BCUT2D eigenvalue weighted by Crippen LogP contribution is 2.27. The number of nitrogens with zero attached hydrogens (tertiary/aromatic N) is 1. The third-order valence-corrected chi connectivity index (χ3v) is 3.94. The molecule has 1 heterocycles. The first-order chi connectivity index (χ1) is 8.52. The zero-order chi connectivity index (χ0) is 13.3. The molecule has 18 heavy (non-hydrogen) atoms. The van der Waals surface area contributed by atoms with Crippen LogP contribution in [0.3, 0.4) is 0 Å². The number of nitrogens with one attached hydrogen (secondary N) is 1. The molecule has 2 aromatic rings. The van der Waals surface area contributed by atoms with Gasteiger partial charge in [0.2, 0.25) is 0 Å². The molecule has 0 saturated heterocycles. The summed E-state index contributed by atoms with van der Waals surface area (Å²) < 4.78 is 0.617. The van der Waals surface area contributed by atoms with Gasteiger partial charge in [-0.05, 0) is 31.5 Å². The van der Waals surface area contributed by atoms with Gasteiger partial charge in [0.15, 0.2) is 0 Å². The molecule has 0 fully saturated rings. The number of benzene rings is 1. The van der Waals surface area contributed by atoms with Crippen LogP contribution in [-0.4, -0.2) is 9.97 Å². The molecule has 0 aliphatic rings. The Hall–Kier alpha value is -0.900. The van der Waals surface area contributed by atoms with Crippen molar-refractivity contribution >= 4 is 35.4 Å². The van der Waals surface area contributed by atoms with Crippen molar-refractivity contribution in [1.29, 1.82) is 0 Å². The van der Waals surface area contributed by atoms with Crippen molar-refractivity contribution in [2.24, 2.45) is 0 Å². The van der Waals surface area contributed by atoms with Crippen molar-refractivity contribution in [1.82, 2.24) is 9.97 Å². The second-order valence-electron chi connectivity index (χ2n) is 3.98. The molecule has 1 N–H and O–H groups in total. The van der Waals surface area contributed by atoms with Crippen LogP contribution in [-0.2, 0) is 6.42 Å². The Balaban J connectivity index is 2.60. The fourth-order valence-corrected chi connectivity index (χ4v) is 2.23. The van der Waals surface area contributed by atoms with Crippen LogP contribution in [0, 0.1) is 11.6 Å². The third-order valence-electron chi connectivity index (χ3n) is 2.80. The van der Waals surface area contributed by atoms with E-state index >= 15 is 0 Å². The topological polar surface area (TPSA) is 28.7 Å². The number of halogens is 2. The first-order valence-corrected chi connectivity index (χ1v) is 6.74. The summed E-state index contributed by atoms with van der Waals surface area (Å²) in [4.78, 5) is 7.67. The summed E-state index contributed by atoms with van der Waals surface area (Å²) in [6.07, 6.45) is 0.881. The number of aryl methyl sites for hydroxylation is 1. The fraction of sp³-hybridized carbons (Fsp3) is 0.231. The lowest BCUT2D eigenvalue weighted by molar-refractivity contribution is 0.969. The van der Waals surface area contributed by atoms with Crippen molar-refractivity contribution in [3.8, 4) is 11.4 Å². The molecule has 0 bridgehead atoms. The Labute approximate surface area is 121 Å². The Bertz CT molecular complexity index is 650. The second-order valence-corrected chi connectivity index (χ2v) is 5.18. The zero-order valence-electron chi connectivity index (χ0n) is 10.1. The molecule has 2 nitrogen and oxygen atoms in total. The monoisotopic (exact) mass is 298 g/mol. The van der Waals surface area contributed by atoms with E-state index in [-0.39, 0.29) is 0 Å². The van der Waals surface area contributed by atoms with E-state index in [0.717, 1.165) is 29.1 Å².